The largest absolute Gasteiger partial charge is 0.376 e. The van der Waals surface area contributed by atoms with Crippen LogP contribution in [0.1, 0.15) is 24.8 Å². The fourth-order valence-electron chi connectivity index (χ4n) is 1.42. The van der Waals surface area contributed by atoms with Crippen molar-refractivity contribution in [2.45, 2.75) is 19.8 Å². The second-order valence-electron chi connectivity index (χ2n) is 4.37. The Morgan fingerprint density at radius 2 is 2.00 bits per heavy atom. The normalized spacial score (nSPS) is 10.5. The van der Waals surface area contributed by atoms with Crippen molar-refractivity contribution < 1.29 is 4.79 Å². The quantitative estimate of drug-likeness (QED) is 0.881. The third-order valence-corrected chi connectivity index (χ3v) is 3.55. The first kappa shape index (κ1) is 13.5. The Balaban J connectivity index is 1.84. The Kier molecular flexibility index (Phi) is 4.46. The van der Waals surface area contributed by atoms with Gasteiger partial charge in [0.2, 0.25) is 11.0 Å². The van der Waals surface area contributed by atoms with Gasteiger partial charge in [-0.1, -0.05) is 43.4 Å². The third kappa shape index (κ3) is 4.03. The van der Waals surface area contributed by atoms with Crippen molar-refractivity contribution >= 4 is 28.1 Å². The lowest BCUT2D eigenvalue weighted by Crippen LogP contribution is -2.21. The molecule has 0 aliphatic carbocycles. The van der Waals surface area contributed by atoms with Gasteiger partial charge in [0, 0.05) is 11.6 Å². The highest BCUT2D eigenvalue weighted by molar-refractivity contribution is 7.15. The number of amides is 1. The van der Waals surface area contributed by atoms with Gasteiger partial charge in [-0.3, -0.25) is 10.1 Å². The number of rotatable bonds is 5. The molecule has 1 heterocycles. The lowest BCUT2D eigenvalue weighted by atomic mass is 10.2. The van der Waals surface area contributed by atoms with E-state index in [1.807, 2.05) is 44.2 Å². The molecule has 0 radical (unpaired) electrons. The van der Waals surface area contributed by atoms with E-state index < -0.39 is 0 Å². The summed E-state index contributed by atoms with van der Waals surface area (Å²) in [6, 6.07) is 9.59. The summed E-state index contributed by atoms with van der Waals surface area (Å²) in [5.74, 6) is 0.195. The molecule has 0 spiro atoms. The summed E-state index contributed by atoms with van der Waals surface area (Å²) in [7, 11) is 0. The second-order valence-corrected chi connectivity index (χ2v) is 5.38. The lowest BCUT2D eigenvalue weighted by molar-refractivity contribution is -0.114. The standard InChI is InChI=1S/C13H16N4OS/c1-9(2)12-16-17-13(19-12)15-11(18)8-14-10-6-4-3-5-7-10/h3-7,9,14H,8H2,1-2H3,(H,15,17,18). The zero-order chi connectivity index (χ0) is 13.7. The summed E-state index contributed by atoms with van der Waals surface area (Å²) in [4.78, 5) is 11.7. The predicted molar refractivity (Wildman–Crippen MR) is 77.6 cm³/mol. The van der Waals surface area contributed by atoms with E-state index in [1.165, 1.54) is 11.3 Å². The van der Waals surface area contributed by atoms with Crippen LogP contribution in [0.5, 0.6) is 0 Å². The second kappa shape index (κ2) is 6.29. The van der Waals surface area contributed by atoms with E-state index in [0.29, 0.717) is 11.0 Å². The van der Waals surface area contributed by atoms with Crippen LogP contribution in [0.4, 0.5) is 10.8 Å². The Hall–Kier alpha value is -1.95. The molecule has 1 aromatic carbocycles. The van der Waals surface area contributed by atoms with E-state index in [2.05, 4.69) is 20.8 Å². The van der Waals surface area contributed by atoms with Crippen molar-refractivity contribution in [3.63, 3.8) is 0 Å². The van der Waals surface area contributed by atoms with Gasteiger partial charge in [-0.2, -0.15) is 0 Å². The average Bonchev–Trinajstić information content (AvgIpc) is 2.86. The summed E-state index contributed by atoms with van der Waals surface area (Å²) in [6.45, 7) is 4.30. The van der Waals surface area contributed by atoms with Gasteiger partial charge in [0.25, 0.3) is 0 Å². The molecule has 5 nitrogen and oxygen atoms in total. The number of aromatic nitrogens is 2. The Labute approximate surface area is 116 Å². The zero-order valence-corrected chi connectivity index (χ0v) is 11.7. The molecule has 0 aliphatic rings. The van der Waals surface area contributed by atoms with Crippen LogP contribution >= 0.6 is 11.3 Å². The van der Waals surface area contributed by atoms with Crippen LogP contribution in [-0.4, -0.2) is 22.6 Å². The van der Waals surface area contributed by atoms with Gasteiger partial charge < -0.3 is 5.32 Å². The number of carbonyl (C=O) groups is 1. The van der Waals surface area contributed by atoms with E-state index in [4.69, 9.17) is 0 Å². The van der Waals surface area contributed by atoms with E-state index in [0.717, 1.165) is 10.7 Å². The number of hydrogen-bond acceptors (Lipinski definition) is 5. The van der Waals surface area contributed by atoms with E-state index in [1.54, 1.807) is 0 Å². The monoisotopic (exact) mass is 276 g/mol. The molecule has 0 aliphatic heterocycles. The summed E-state index contributed by atoms with van der Waals surface area (Å²) in [5, 5.41) is 15.2. The SMILES string of the molecule is CC(C)c1nnc(NC(=O)CNc2ccccc2)s1. The molecule has 2 N–H and O–H groups in total. The predicted octanol–water partition coefficient (Wildman–Crippen LogP) is 2.71. The van der Waals surface area contributed by atoms with Gasteiger partial charge >= 0.3 is 0 Å². The molecule has 0 bridgehead atoms. The van der Waals surface area contributed by atoms with Gasteiger partial charge in [0.15, 0.2) is 0 Å². The molecule has 1 aromatic heterocycles. The maximum Gasteiger partial charge on any atom is 0.245 e. The maximum absolute atomic E-state index is 11.7. The van der Waals surface area contributed by atoms with Gasteiger partial charge in [0.05, 0.1) is 6.54 Å². The molecule has 0 fully saturated rings. The van der Waals surface area contributed by atoms with E-state index in [-0.39, 0.29) is 12.5 Å². The van der Waals surface area contributed by atoms with Crippen molar-refractivity contribution in [3.05, 3.63) is 35.3 Å². The highest BCUT2D eigenvalue weighted by Crippen LogP contribution is 2.22. The lowest BCUT2D eigenvalue weighted by Gasteiger charge is -2.05. The number of carbonyl (C=O) groups excluding carboxylic acids is 1. The number of nitrogens with zero attached hydrogens (tertiary/aromatic N) is 2. The number of nitrogens with one attached hydrogen (secondary N) is 2. The van der Waals surface area contributed by atoms with Gasteiger partial charge in [-0.25, -0.2) is 0 Å². The summed E-state index contributed by atoms with van der Waals surface area (Å²) >= 11 is 1.41. The molecule has 2 rings (SSSR count). The first-order valence-electron chi connectivity index (χ1n) is 6.07. The average molecular weight is 276 g/mol. The molecule has 100 valence electrons. The zero-order valence-electron chi connectivity index (χ0n) is 10.9. The van der Waals surface area contributed by atoms with Crippen LogP contribution < -0.4 is 10.6 Å². The Bertz CT molecular complexity index is 539. The molecule has 0 unspecified atom stereocenters. The Morgan fingerprint density at radius 1 is 1.26 bits per heavy atom. The van der Waals surface area contributed by atoms with E-state index in [9.17, 15) is 4.79 Å². The minimum Gasteiger partial charge on any atom is -0.376 e. The smallest absolute Gasteiger partial charge is 0.245 e. The van der Waals surface area contributed by atoms with Crippen molar-refractivity contribution in [2.24, 2.45) is 0 Å². The molecule has 0 atom stereocenters. The van der Waals surface area contributed by atoms with Crippen molar-refractivity contribution in [1.29, 1.82) is 0 Å². The van der Waals surface area contributed by atoms with Crippen LogP contribution in [0.25, 0.3) is 0 Å². The Morgan fingerprint density at radius 3 is 2.63 bits per heavy atom. The van der Waals surface area contributed by atoms with Crippen molar-refractivity contribution in [3.8, 4) is 0 Å². The van der Waals surface area contributed by atoms with Crippen LogP contribution in [0.15, 0.2) is 30.3 Å². The number of benzene rings is 1. The molecular weight excluding hydrogens is 260 g/mol. The first-order chi connectivity index (χ1) is 9.15. The molecule has 6 heteroatoms. The molecule has 1 amide bonds. The number of anilines is 2. The first-order valence-corrected chi connectivity index (χ1v) is 6.89. The van der Waals surface area contributed by atoms with Gasteiger partial charge in [-0.05, 0) is 12.1 Å². The number of hydrogen-bond donors (Lipinski definition) is 2. The fourth-order valence-corrected chi connectivity index (χ4v) is 2.18. The topological polar surface area (TPSA) is 66.9 Å². The highest BCUT2D eigenvalue weighted by Gasteiger charge is 2.10. The summed E-state index contributed by atoms with van der Waals surface area (Å²) in [5.41, 5.74) is 0.915. The van der Waals surface area contributed by atoms with Gasteiger partial charge in [0.1, 0.15) is 5.01 Å². The van der Waals surface area contributed by atoms with Crippen LogP contribution in [0, 0.1) is 0 Å². The maximum atomic E-state index is 11.7. The van der Waals surface area contributed by atoms with Crippen LogP contribution in [0.3, 0.4) is 0 Å². The molecule has 19 heavy (non-hydrogen) atoms. The minimum absolute atomic E-state index is 0.129. The van der Waals surface area contributed by atoms with E-state index >= 15 is 0 Å². The van der Waals surface area contributed by atoms with Crippen LogP contribution in [-0.2, 0) is 4.79 Å². The summed E-state index contributed by atoms with van der Waals surface area (Å²) in [6.07, 6.45) is 0. The molecule has 0 saturated heterocycles. The van der Waals surface area contributed by atoms with Gasteiger partial charge in [-0.15, -0.1) is 10.2 Å². The van der Waals surface area contributed by atoms with Crippen molar-refractivity contribution in [1.82, 2.24) is 10.2 Å². The highest BCUT2D eigenvalue weighted by atomic mass is 32.1. The van der Waals surface area contributed by atoms with Crippen LogP contribution in [0.2, 0.25) is 0 Å². The summed E-state index contributed by atoms with van der Waals surface area (Å²) < 4.78 is 0. The molecule has 0 saturated carbocycles. The third-order valence-electron chi connectivity index (χ3n) is 2.41. The molecule has 2 aromatic rings. The van der Waals surface area contributed by atoms with Crippen molar-refractivity contribution in [2.75, 3.05) is 17.2 Å². The fraction of sp³-hybridized carbons (Fsp3) is 0.308. The number of para-hydroxylation sites is 1. The molecular formula is C13H16N4OS. The minimum atomic E-state index is -0.129.